The van der Waals surface area contributed by atoms with Crippen LogP contribution in [0.3, 0.4) is 0 Å². The summed E-state index contributed by atoms with van der Waals surface area (Å²) in [5.74, 6) is 2.35. The van der Waals surface area contributed by atoms with Gasteiger partial charge in [-0.05, 0) is 49.5 Å². The number of nitrogens with one attached hydrogen (secondary N) is 2. The molecule has 0 saturated carbocycles. The van der Waals surface area contributed by atoms with E-state index < -0.39 is 0 Å². The molecule has 0 bridgehead atoms. The van der Waals surface area contributed by atoms with E-state index in [1.54, 1.807) is 7.11 Å². The molecule has 1 heterocycles. The number of piperidine rings is 1. The Morgan fingerprint density at radius 3 is 2.50 bits per heavy atom. The third kappa shape index (κ3) is 6.40. The number of aliphatic imine (C=N–C) groups is 1. The summed E-state index contributed by atoms with van der Waals surface area (Å²) in [7, 11) is 3.50. The van der Waals surface area contributed by atoms with Crippen molar-refractivity contribution >= 4 is 5.96 Å². The summed E-state index contributed by atoms with van der Waals surface area (Å²) in [5, 5.41) is 6.81. The molecule has 0 radical (unpaired) electrons. The van der Waals surface area contributed by atoms with Crippen LogP contribution in [0.4, 0.5) is 0 Å². The molecule has 2 N–H and O–H groups in total. The van der Waals surface area contributed by atoms with Crippen LogP contribution in [0.15, 0.2) is 29.3 Å². The van der Waals surface area contributed by atoms with Gasteiger partial charge in [-0.1, -0.05) is 25.5 Å². The average Bonchev–Trinajstić information content (AvgIpc) is 2.63. The van der Waals surface area contributed by atoms with Crippen LogP contribution in [0.1, 0.15) is 31.7 Å². The number of hydrogen-bond donors (Lipinski definition) is 2. The highest BCUT2D eigenvalue weighted by Gasteiger charge is 2.13. The van der Waals surface area contributed by atoms with Crippen LogP contribution < -0.4 is 15.4 Å². The van der Waals surface area contributed by atoms with Crippen molar-refractivity contribution < 1.29 is 4.74 Å². The van der Waals surface area contributed by atoms with Crippen molar-refractivity contribution in [3.63, 3.8) is 0 Å². The first-order chi connectivity index (χ1) is 11.7. The molecule has 1 aliphatic rings. The van der Waals surface area contributed by atoms with Crippen molar-refractivity contribution in [2.24, 2.45) is 10.9 Å². The summed E-state index contributed by atoms with van der Waals surface area (Å²) < 4.78 is 5.18. The maximum atomic E-state index is 5.18. The van der Waals surface area contributed by atoms with E-state index in [0.717, 1.165) is 24.8 Å². The lowest BCUT2D eigenvalue weighted by Crippen LogP contribution is -2.42. The summed E-state index contributed by atoms with van der Waals surface area (Å²) in [5.41, 5.74) is 1.21. The quantitative estimate of drug-likeness (QED) is 0.595. The summed E-state index contributed by atoms with van der Waals surface area (Å²) in [6, 6.07) is 8.10. The lowest BCUT2D eigenvalue weighted by atomic mass is 10.1. The smallest absolute Gasteiger partial charge is 0.191 e. The van der Waals surface area contributed by atoms with Crippen molar-refractivity contribution in [2.45, 2.75) is 32.7 Å². The first-order valence-electron chi connectivity index (χ1n) is 9.01. The molecular formula is C19H32N4O. The van der Waals surface area contributed by atoms with Crippen LogP contribution in [0.5, 0.6) is 5.75 Å². The van der Waals surface area contributed by atoms with Crippen molar-refractivity contribution in [1.29, 1.82) is 0 Å². The van der Waals surface area contributed by atoms with E-state index in [-0.39, 0.29) is 0 Å². The Labute approximate surface area is 146 Å². The Hall–Kier alpha value is -1.75. The van der Waals surface area contributed by atoms with E-state index in [2.05, 4.69) is 39.6 Å². The summed E-state index contributed by atoms with van der Waals surface area (Å²) in [4.78, 5) is 6.90. The van der Waals surface area contributed by atoms with Crippen LogP contribution in [0.25, 0.3) is 0 Å². The van der Waals surface area contributed by atoms with Gasteiger partial charge in [0, 0.05) is 26.7 Å². The molecule has 0 amide bonds. The molecule has 5 nitrogen and oxygen atoms in total. The van der Waals surface area contributed by atoms with Gasteiger partial charge in [0.05, 0.1) is 7.11 Å². The fourth-order valence-corrected chi connectivity index (χ4v) is 3.07. The van der Waals surface area contributed by atoms with E-state index in [0.29, 0.717) is 5.92 Å². The van der Waals surface area contributed by atoms with E-state index in [9.17, 15) is 0 Å². The predicted molar refractivity (Wildman–Crippen MR) is 101 cm³/mol. The number of nitrogens with zero attached hydrogens (tertiary/aromatic N) is 2. The average molecular weight is 332 g/mol. The number of methoxy groups -OCH3 is 1. The molecule has 2 rings (SSSR count). The Bertz CT molecular complexity index is 495. The van der Waals surface area contributed by atoms with Gasteiger partial charge in [0.15, 0.2) is 5.96 Å². The second-order valence-corrected chi connectivity index (χ2v) is 6.62. The van der Waals surface area contributed by atoms with Gasteiger partial charge in [0.25, 0.3) is 0 Å². The van der Waals surface area contributed by atoms with Crippen molar-refractivity contribution in [3.8, 4) is 5.75 Å². The number of rotatable bonds is 7. The first-order valence-corrected chi connectivity index (χ1v) is 9.01. The SMILES string of the molecule is CN=C(NCc1ccc(OC)cc1)NCC(C)CN1CCCCC1. The topological polar surface area (TPSA) is 48.9 Å². The lowest BCUT2D eigenvalue weighted by molar-refractivity contribution is 0.201. The van der Waals surface area contributed by atoms with Crippen molar-refractivity contribution in [2.75, 3.05) is 40.3 Å². The lowest BCUT2D eigenvalue weighted by Gasteiger charge is -2.29. The minimum atomic E-state index is 0.614. The summed E-state index contributed by atoms with van der Waals surface area (Å²) in [6.45, 7) is 7.69. The number of hydrogen-bond acceptors (Lipinski definition) is 3. The van der Waals surface area contributed by atoms with Gasteiger partial charge in [-0.3, -0.25) is 4.99 Å². The van der Waals surface area contributed by atoms with Crippen LogP contribution in [0, 0.1) is 5.92 Å². The molecule has 0 aromatic heterocycles. The molecule has 1 aromatic carbocycles. The van der Waals surface area contributed by atoms with E-state index in [1.165, 1.54) is 44.5 Å². The van der Waals surface area contributed by atoms with E-state index in [1.807, 2.05) is 19.2 Å². The predicted octanol–water partition coefficient (Wildman–Crippen LogP) is 2.48. The minimum absolute atomic E-state index is 0.614. The largest absolute Gasteiger partial charge is 0.497 e. The van der Waals surface area contributed by atoms with Crippen LogP contribution >= 0.6 is 0 Å². The minimum Gasteiger partial charge on any atom is -0.497 e. The van der Waals surface area contributed by atoms with Crippen LogP contribution in [-0.4, -0.2) is 51.2 Å². The normalized spacial score (nSPS) is 17.4. The fraction of sp³-hybridized carbons (Fsp3) is 0.632. The number of likely N-dealkylation sites (tertiary alicyclic amines) is 1. The van der Waals surface area contributed by atoms with Gasteiger partial charge >= 0.3 is 0 Å². The van der Waals surface area contributed by atoms with Crippen molar-refractivity contribution in [3.05, 3.63) is 29.8 Å². The fourth-order valence-electron chi connectivity index (χ4n) is 3.07. The highest BCUT2D eigenvalue weighted by Crippen LogP contribution is 2.11. The Morgan fingerprint density at radius 1 is 1.17 bits per heavy atom. The van der Waals surface area contributed by atoms with E-state index >= 15 is 0 Å². The van der Waals surface area contributed by atoms with Crippen molar-refractivity contribution in [1.82, 2.24) is 15.5 Å². The number of benzene rings is 1. The molecule has 1 aromatic rings. The monoisotopic (exact) mass is 332 g/mol. The molecular weight excluding hydrogens is 300 g/mol. The summed E-state index contributed by atoms with van der Waals surface area (Å²) >= 11 is 0. The first kappa shape index (κ1) is 18.6. The molecule has 1 fully saturated rings. The molecule has 1 atom stereocenters. The maximum Gasteiger partial charge on any atom is 0.191 e. The van der Waals surface area contributed by atoms with Gasteiger partial charge in [-0.15, -0.1) is 0 Å². The molecule has 134 valence electrons. The molecule has 0 aliphatic carbocycles. The molecule has 1 unspecified atom stereocenters. The zero-order valence-electron chi connectivity index (χ0n) is 15.3. The standard InChI is InChI=1S/C19H32N4O/c1-16(15-23-11-5-4-6-12-23)13-21-19(20-2)22-14-17-7-9-18(24-3)10-8-17/h7-10,16H,4-6,11-15H2,1-3H3,(H2,20,21,22). The zero-order valence-corrected chi connectivity index (χ0v) is 15.3. The number of ether oxygens (including phenoxy) is 1. The third-order valence-corrected chi connectivity index (χ3v) is 4.48. The highest BCUT2D eigenvalue weighted by atomic mass is 16.5. The molecule has 24 heavy (non-hydrogen) atoms. The maximum absolute atomic E-state index is 5.18. The van der Waals surface area contributed by atoms with Gasteiger partial charge < -0.3 is 20.3 Å². The Kier molecular flexibility index (Phi) is 7.89. The van der Waals surface area contributed by atoms with Gasteiger partial charge in [-0.2, -0.15) is 0 Å². The summed E-state index contributed by atoms with van der Waals surface area (Å²) in [6.07, 6.45) is 4.10. The second-order valence-electron chi connectivity index (χ2n) is 6.62. The third-order valence-electron chi connectivity index (χ3n) is 4.48. The second kappa shape index (κ2) is 10.2. The highest BCUT2D eigenvalue weighted by molar-refractivity contribution is 5.79. The van der Waals surface area contributed by atoms with Gasteiger partial charge in [0.1, 0.15) is 5.75 Å². The zero-order chi connectivity index (χ0) is 17.2. The number of guanidine groups is 1. The van der Waals surface area contributed by atoms with Gasteiger partial charge in [0.2, 0.25) is 0 Å². The molecule has 0 spiro atoms. The van der Waals surface area contributed by atoms with Crippen LogP contribution in [0.2, 0.25) is 0 Å². The molecule has 5 heteroatoms. The van der Waals surface area contributed by atoms with Crippen LogP contribution in [-0.2, 0) is 6.54 Å². The van der Waals surface area contributed by atoms with E-state index in [4.69, 9.17) is 4.74 Å². The Balaban J connectivity index is 1.69. The molecule has 1 aliphatic heterocycles. The Morgan fingerprint density at radius 2 is 1.88 bits per heavy atom. The molecule has 1 saturated heterocycles. The van der Waals surface area contributed by atoms with Gasteiger partial charge in [-0.25, -0.2) is 0 Å².